The van der Waals surface area contributed by atoms with Gasteiger partial charge in [0.1, 0.15) is 11.3 Å². The highest BCUT2D eigenvalue weighted by Crippen LogP contribution is 2.24. The minimum Gasteiger partial charge on any atom is -0.497 e. The number of nitro groups is 1. The molecule has 0 saturated carbocycles. The van der Waals surface area contributed by atoms with Crippen LogP contribution in [0.1, 0.15) is 16.2 Å². The molecule has 0 atom stereocenters. The van der Waals surface area contributed by atoms with Crippen molar-refractivity contribution in [3.05, 3.63) is 69.1 Å². The van der Waals surface area contributed by atoms with Crippen LogP contribution in [0, 0.1) is 10.1 Å². The van der Waals surface area contributed by atoms with Gasteiger partial charge < -0.3 is 14.0 Å². The molecule has 27 heavy (non-hydrogen) atoms. The fourth-order valence-electron chi connectivity index (χ4n) is 2.23. The van der Waals surface area contributed by atoms with E-state index in [1.165, 1.54) is 13.2 Å². The SMILES string of the molecule is COc1cccc(-c2noc(COC(=O)c3cc(Cl)ccc3[N+](=O)[O-])n2)c1. The Morgan fingerprint density at radius 3 is 2.85 bits per heavy atom. The van der Waals surface area contributed by atoms with Crippen LogP contribution in [0.2, 0.25) is 5.02 Å². The molecule has 0 aliphatic carbocycles. The number of esters is 1. The molecule has 1 aromatic heterocycles. The third-order valence-electron chi connectivity index (χ3n) is 3.50. The van der Waals surface area contributed by atoms with Crippen molar-refractivity contribution >= 4 is 23.3 Å². The maximum atomic E-state index is 12.2. The van der Waals surface area contributed by atoms with Crippen molar-refractivity contribution in [3.63, 3.8) is 0 Å². The van der Waals surface area contributed by atoms with Crippen molar-refractivity contribution in [1.29, 1.82) is 0 Å². The minimum atomic E-state index is -0.926. The molecular formula is C17H12ClN3O6. The molecule has 0 spiro atoms. The monoisotopic (exact) mass is 389 g/mol. The van der Waals surface area contributed by atoms with Gasteiger partial charge >= 0.3 is 5.97 Å². The van der Waals surface area contributed by atoms with Crippen LogP contribution in [-0.4, -0.2) is 28.1 Å². The summed E-state index contributed by atoms with van der Waals surface area (Å²) < 4.78 is 15.2. The minimum absolute atomic E-state index is 0.0332. The standard InChI is InChI=1S/C17H12ClN3O6/c1-25-12-4-2-3-10(7-12)16-19-15(27-20-16)9-26-17(22)13-8-11(18)5-6-14(13)21(23)24/h2-8H,9H2,1H3. The van der Waals surface area contributed by atoms with Gasteiger partial charge in [0.2, 0.25) is 5.82 Å². The summed E-state index contributed by atoms with van der Waals surface area (Å²) >= 11 is 5.80. The Hall–Kier alpha value is -3.46. The van der Waals surface area contributed by atoms with Gasteiger partial charge in [0.25, 0.3) is 11.6 Å². The Morgan fingerprint density at radius 2 is 2.11 bits per heavy atom. The van der Waals surface area contributed by atoms with Crippen LogP contribution in [0.3, 0.4) is 0 Å². The maximum absolute atomic E-state index is 12.2. The van der Waals surface area contributed by atoms with Crippen molar-refractivity contribution in [2.45, 2.75) is 6.61 Å². The molecule has 0 radical (unpaired) electrons. The Labute approximate surface area is 157 Å². The van der Waals surface area contributed by atoms with E-state index in [9.17, 15) is 14.9 Å². The highest BCUT2D eigenvalue weighted by molar-refractivity contribution is 6.31. The average Bonchev–Trinajstić information content (AvgIpc) is 3.15. The normalized spacial score (nSPS) is 10.4. The molecule has 0 amide bonds. The van der Waals surface area contributed by atoms with Crippen LogP contribution >= 0.6 is 11.6 Å². The number of nitrogens with zero attached hydrogens (tertiary/aromatic N) is 3. The molecule has 1 heterocycles. The summed E-state index contributed by atoms with van der Waals surface area (Å²) in [4.78, 5) is 26.6. The topological polar surface area (TPSA) is 118 Å². The first-order valence-corrected chi connectivity index (χ1v) is 7.94. The summed E-state index contributed by atoms with van der Waals surface area (Å²) in [5, 5.41) is 15.0. The molecule has 2 aromatic carbocycles. The lowest BCUT2D eigenvalue weighted by Gasteiger charge is -2.03. The summed E-state index contributed by atoms with van der Waals surface area (Å²) in [6, 6.07) is 10.6. The number of benzene rings is 2. The number of halogens is 1. The summed E-state index contributed by atoms with van der Waals surface area (Å²) in [7, 11) is 1.54. The van der Waals surface area contributed by atoms with Gasteiger partial charge in [-0.1, -0.05) is 28.9 Å². The first-order valence-electron chi connectivity index (χ1n) is 7.56. The van der Waals surface area contributed by atoms with Crippen LogP contribution in [0.4, 0.5) is 5.69 Å². The van der Waals surface area contributed by atoms with Crippen LogP contribution in [0.25, 0.3) is 11.4 Å². The smallest absolute Gasteiger partial charge is 0.345 e. The first kappa shape index (κ1) is 18.3. The third kappa shape index (κ3) is 4.21. The second-order valence-corrected chi connectivity index (χ2v) is 5.67. The van der Waals surface area contributed by atoms with Gasteiger partial charge in [0.05, 0.1) is 12.0 Å². The largest absolute Gasteiger partial charge is 0.497 e. The maximum Gasteiger partial charge on any atom is 0.345 e. The molecule has 138 valence electrons. The molecule has 0 aliphatic heterocycles. The fourth-order valence-corrected chi connectivity index (χ4v) is 2.40. The summed E-state index contributed by atoms with van der Waals surface area (Å²) in [6.07, 6.45) is 0. The molecule has 0 aliphatic rings. The van der Waals surface area contributed by atoms with Gasteiger partial charge in [-0.25, -0.2) is 4.79 Å². The fraction of sp³-hybridized carbons (Fsp3) is 0.118. The van der Waals surface area contributed by atoms with Crippen molar-refractivity contribution < 1.29 is 23.7 Å². The number of rotatable bonds is 6. The number of ether oxygens (including phenoxy) is 2. The highest BCUT2D eigenvalue weighted by atomic mass is 35.5. The van der Waals surface area contributed by atoms with E-state index in [2.05, 4.69) is 10.1 Å². The number of methoxy groups -OCH3 is 1. The Balaban J connectivity index is 1.73. The van der Waals surface area contributed by atoms with Crippen molar-refractivity contribution in [1.82, 2.24) is 10.1 Å². The molecule has 3 aromatic rings. The van der Waals surface area contributed by atoms with Gasteiger partial charge in [-0.2, -0.15) is 4.98 Å². The number of nitro benzene ring substituents is 1. The molecule has 3 rings (SSSR count). The highest BCUT2D eigenvalue weighted by Gasteiger charge is 2.22. The van der Waals surface area contributed by atoms with Gasteiger partial charge in [0.15, 0.2) is 6.61 Å². The van der Waals surface area contributed by atoms with Gasteiger partial charge in [0, 0.05) is 16.7 Å². The first-order chi connectivity index (χ1) is 13.0. The average molecular weight is 390 g/mol. The summed E-state index contributed by atoms with van der Waals surface area (Å²) in [5.41, 5.74) is -0.0202. The van der Waals surface area contributed by atoms with Gasteiger partial charge in [-0.15, -0.1) is 0 Å². The second kappa shape index (κ2) is 7.83. The van der Waals surface area contributed by atoms with Crippen molar-refractivity contribution in [3.8, 4) is 17.1 Å². The number of hydrogen-bond donors (Lipinski definition) is 0. The summed E-state index contributed by atoms with van der Waals surface area (Å²) in [5.74, 6) is 0.0170. The zero-order valence-electron chi connectivity index (χ0n) is 13.9. The number of carbonyl (C=O) groups is 1. The van der Waals surface area contributed by atoms with Crippen LogP contribution in [0.5, 0.6) is 5.75 Å². The summed E-state index contributed by atoms with van der Waals surface area (Å²) in [6.45, 7) is -0.348. The molecule has 0 unspecified atom stereocenters. The van der Waals surface area contributed by atoms with Crippen molar-refractivity contribution in [2.24, 2.45) is 0 Å². The Morgan fingerprint density at radius 1 is 1.30 bits per heavy atom. The molecule has 0 fully saturated rings. The quantitative estimate of drug-likeness (QED) is 0.356. The van der Waals surface area contributed by atoms with E-state index >= 15 is 0 Å². The van der Waals surface area contributed by atoms with Crippen LogP contribution in [-0.2, 0) is 11.3 Å². The molecule has 9 nitrogen and oxygen atoms in total. The second-order valence-electron chi connectivity index (χ2n) is 5.24. The zero-order valence-corrected chi connectivity index (χ0v) is 14.7. The molecular weight excluding hydrogens is 378 g/mol. The van der Waals surface area contributed by atoms with E-state index in [1.54, 1.807) is 24.3 Å². The van der Waals surface area contributed by atoms with Crippen molar-refractivity contribution in [2.75, 3.05) is 7.11 Å². The van der Waals surface area contributed by atoms with E-state index in [1.807, 2.05) is 0 Å². The molecule has 0 N–H and O–H groups in total. The molecule has 10 heteroatoms. The van der Waals surface area contributed by atoms with Crippen LogP contribution in [0.15, 0.2) is 47.0 Å². The number of hydrogen-bond acceptors (Lipinski definition) is 8. The van der Waals surface area contributed by atoms with Crippen LogP contribution < -0.4 is 4.74 Å². The molecule has 0 saturated heterocycles. The van der Waals surface area contributed by atoms with E-state index in [0.29, 0.717) is 11.3 Å². The lowest BCUT2D eigenvalue weighted by Crippen LogP contribution is -2.08. The van der Waals surface area contributed by atoms with Gasteiger partial charge in [-0.05, 0) is 24.3 Å². The molecule has 0 bridgehead atoms. The van der Waals surface area contributed by atoms with E-state index in [4.69, 9.17) is 25.6 Å². The number of carbonyl (C=O) groups excluding carboxylic acids is 1. The van der Waals surface area contributed by atoms with E-state index < -0.39 is 16.6 Å². The lowest BCUT2D eigenvalue weighted by atomic mass is 10.2. The third-order valence-corrected chi connectivity index (χ3v) is 3.73. The zero-order chi connectivity index (χ0) is 19.4. The predicted molar refractivity (Wildman–Crippen MR) is 93.5 cm³/mol. The lowest BCUT2D eigenvalue weighted by molar-refractivity contribution is -0.385. The van der Waals surface area contributed by atoms with E-state index in [-0.39, 0.29) is 28.9 Å². The Kier molecular flexibility index (Phi) is 5.32. The predicted octanol–water partition coefficient (Wildman–Crippen LogP) is 3.66. The van der Waals surface area contributed by atoms with Gasteiger partial charge in [-0.3, -0.25) is 10.1 Å². The number of aromatic nitrogens is 2. The van der Waals surface area contributed by atoms with E-state index in [0.717, 1.165) is 12.1 Å². The Bertz CT molecular complexity index is 1000.